The van der Waals surface area contributed by atoms with Crippen molar-refractivity contribution in [3.05, 3.63) is 0 Å². The van der Waals surface area contributed by atoms with Crippen molar-refractivity contribution in [2.24, 2.45) is 0 Å². The van der Waals surface area contributed by atoms with Gasteiger partial charge in [0, 0.05) is 13.2 Å². The molecule has 0 unspecified atom stereocenters. The normalized spacial score (nSPS) is 9.38. The van der Waals surface area contributed by atoms with E-state index >= 15 is 0 Å². The molecule has 9 nitrogen and oxygen atoms in total. The fourth-order valence-electron chi connectivity index (χ4n) is 1.36. The maximum atomic E-state index is 11.5. The van der Waals surface area contributed by atoms with E-state index in [4.69, 9.17) is 20.2 Å². The Hall–Kier alpha value is -0.966. The topological polar surface area (TPSA) is 144 Å². The van der Waals surface area contributed by atoms with E-state index in [0.717, 1.165) is 12.8 Å². The van der Waals surface area contributed by atoms with Gasteiger partial charge in [-0.2, -0.15) is 0 Å². The molecule has 26 heavy (non-hydrogen) atoms. The Morgan fingerprint density at radius 3 is 1.31 bits per heavy atom. The SMILES string of the molecule is CC(=O)CC(C)=O.CCCOC(OCCC)C(=O)CC(C)=O.[O]=[Ti]([OH])[OH]. The summed E-state index contributed by atoms with van der Waals surface area (Å²) in [5.41, 5.74) is 0. The molecular formula is C16H30O9Ti. The van der Waals surface area contributed by atoms with Crippen LogP contribution in [0.5, 0.6) is 0 Å². The van der Waals surface area contributed by atoms with Crippen molar-refractivity contribution in [2.75, 3.05) is 13.2 Å². The summed E-state index contributed by atoms with van der Waals surface area (Å²) >= 11 is -3.58. The average molecular weight is 414 g/mol. The van der Waals surface area contributed by atoms with Crippen molar-refractivity contribution in [3.63, 3.8) is 0 Å². The van der Waals surface area contributed by atoms with E-state index in [0.29, 0.717) is 13.2 Å². The van der Waals surface area contributed by atoms with Gasteiger partial charge in [0.2, 0.25) is 6.29 Å². The first-order valence-corrected chi connectivity index (χ1v) is 10.2. The van der Waals surface area contributed by atoms with Crippen LogP contribution in [-0.2, 0) is 50.6 Å². The number of hydrogen-bond donors (Lipinski definition) is 2. The van der Waals surface area contributed by atoms with Gasteiger partial charge in [0.05, 0.1) is 12.8 Å². The van der Waals surface area contributed by atoms with Gasteiger partial charge in [-0.25, -0.2) is 0 Å². The van der Waals surface area contributed by atoms with Gasteiger partial charge in [-0.15, -0.1) is 0 Å². The molecule has 0 spiro atoms. The number of carbonyl (C=O) groups is 4. The second-order valence-electron chi connectivity index (χ2n) is 5.28. The summed E-state index contributed by atoms with van der Waals surface area (Å²) in [4.78, 5) is 42.3. The minimum atomic E-state index is -3.58. The van der Waals surface area contributed by atoms with Gasteiger partial charge in [0.25, 0.3) is 0 Å². The maximum absolute atomic E-state index is 11.5. The summed E-state index contributed by atoms with van der Waals surface area (Å²) in [5, 5.41) is 0. The van der Waals surface area contributed by atoms with Crippen LogP contribution in [0.3, 0.4) is 0 Å². The molecule has 0 aromatic heterocycles. The molecule has 2 N–H and O–H groups in total. The van der Waals surface area contributed by atoms with Gasteiger partial charge in [0.15, 0.2) is 5.78 Å². The molecule has 0 atom stereocenters. The van der Waals surface area contributed by atoms with E-state index in [-0.39, 0.29) is 36.0 Å². The zero-order chi connectivity index (χ0) is 21.1. The summed E-state index contributed by atoms with van der Waals surface area (Å²) in [5.74, 6) is -0.574. The molecule has 0 heterocycles. The molecule has 0 fully saturated rings. The van der Waals surface area contributed by atoms with Crippen LogP contribution in [0.2, 0.25) is 0 Å². The number of carbonyl (C=O) groups excluding carboxylic acids is 4. The van der Waals surface area contributed by atoms with E-state index in [2.05, 4.69) is 0 Å². The minimum absolute atomic E-state index is 0.0625. The first-order chi connectivity index (χ1) is 12.0. The van der Waals surface area contributed by atoms with Gasteiger partial charge in [-0.05, 0) is 33.6 Å². The molecule has 0 saturated carbocycles. The molecular weight excluding hydrogens is 384 g/mol. The Kier molecular flexibility index (Phi) is 23.3. The zero-order valence-corrected chi connectivity index (χ0v) is 17.6. The number of rotatable bonds is 11. The van der Waals surface area contributed by atoms with Crippen molar-refractivity contribution in [1.29, 1.82) is 0 Å². The standard InChI is InChI=1S/C11H20O4.C5H8O2.2H2O.O.Ti/c1-4-6-14-11(15-7-5-2)10(13)8-9(3)12;1-4(6)3-5(2)7;;;;/h11H,4-8H2,1-3H3;3H2,1-2H3;2*1H2;;/q;;;;;+2/p-2. The van der Waals surface area contributed by atoms with Gasteiger partial charge in [0.1, 0.15) is 17.3 Å². The molecule has 0 saturated heterocycles. The first-order valence-electron chi connectivity index (χ1n) is 8.13. The molecule has 0 aliphatic heterocycles. The van der Waals surface area contributed by atoms with Crippen molar-refractivity contribution in [2.45, 2.75) is 66.6 Å². The Morgan fingerprint density at radius 1 is 0.808 bits per heavy atom. The third-order valence-corrected chi connectivity index (χ3v) is 2.13. The van der Waals surface area contributed by atoms with Crippen LogP contribution in [0.4, 0.5) is 0 Å². The van der Waals surface area contributed by atoms with Crippen LogP contribution >= 0.6 is 0 Å². The second-order valence-corrected chi connectivity index (χ2v) is 6.16. The fourth-order valence-corrected chi connectivity index (χ4v) is 1.36. The predicted octanol–water partition coefficient (Wildman–Crippen LogP) is 1.03. The van der Waals surface area contributed by atoms with E-state index in [1.54, 1.807) is 0 Å². The number of ether oxygens (including phenoxy) is 2. The average Bonchev–Trinajstić information content (AvgIpc) is 2.45. The number of hydrogen-bond acceptors (Lipinski definition) is 7. The third-order valence-electron chi connectivity index (χ3n) is 2.13. The molecule has 0 aliphatic carbocycles. The fraction of sp³-hybridized carbons (Fsp3) is 0.750. The molecule has 10 heteroatoms. The van der Waals surface area contributed by atoms with Crippen LogP contribution in [0.1, 0.15) is 60.3 Å². The van der Waals surface area contributed by atoms with Crippen LogP contribution < -0.4 is 0 Å². The molecule has 152 valence electrons. The summed E-state index contributed by atoms with van der Waals surface area (Å²) in [6.45, 7) is 9.03. The van der Waals surface area contributed by atoms with Crippen molar-refractivity contribution in [1.82, 2.24) is 0 Å². The van der Waals surface area contributed by atoms with Crippen LogP contribution in [0.15, 0.2) is 0 Å². The third kappa shape index (κ3) is 30.9. The Balaban J connectivity index is -0.000000397. The summed E-state index contributed by atoms with van der Waals surface area (Å²) in [6.07, 6.45) is 0.741. The predicted molar refractivity (Wildman–Crippen MR) is 87.7 cm³/mol. The number of Topliss-reactive ketones (excluding diaryl/α,β-unsaturated/α-hetero) is 4. The molecule has 0 radical (unpaired) electrons. The molecule has 0 aromatic rings. The Bertz CT molecular complexity index is 425. The number of ketones is 4. The second kappa shape index (κ2) is 20.3. The molecule has 0 bridgehead atoms. The monoisotopic (exact) mass is 414 g/mol. The van der Waals surface area contributed by atoms with Crippen LogP contribution in [0.25, 0.3) is 0 Å². The van der Waals surface area contributed by atoms with E-state index < -0.39 is 24.9 Å². The molecule has 0 aliphatic rings. The van der Waals surface area contributed by atoms with Gasteiger partial charge < -0.3 is 9.47 Å². The van der Waals surface area contributed by atoms with E-state index in [1.807, 2.05) is 13.8 Å². The summed E-state index contributed by atoms with van der Waals surface area (Å²) in [7, 11) is 0. The summed E-state index contributed by atoms with van der Waals surface area (Å²) < 4.78 is 33.7. The van der Waals surface area contributed by atoms with Gasteiger partial charge >= 0.3 is 29.3 Å². The van der Waals surface area contributed by atoms with Crippen molar-refractivity contribution < 1.29 is 58.0 Å². The molecule has 0 aromatic carbocycles. The quantitative estimate of drug-likeness (QED) is 0.288. The van der Waals surface area contributed by atoms with Crippen LogP contribution in [-0.4, -0.2) is 50.0 Å². The summed E-state index contributed by atoms with van der Waals surface area (Å²) in [6, 6.07) is 0. The first kappa shape index (κ1) is 29.8. The Labute approximate surface area is 161 Å². The molecule has 0 rings (SSSR count). The van der Waals surface area contributed by atoms with Crippen molar-refractivity contribution >= 4 is 23.1 Å². The van der Waals surface area contributed by atoms with Crippen LogP contribution in [0, 0.1) is 0 Å². The van der Waals surface area contributed by atoms with E-state index in [1.165, 1.54) is 20.8 Å². The molecule has 0 amide bonds. The Morgan fingerprint density at radius 2 is 1.12 bits per heavy atom. The van der Waals surface area contributed by atoms with Gasteiger partial charge in [-0.1, -0.05) is 13.8 Å². The van der Waals surface area contributed by atoms with Crippen molar-refractivity contribution in [3.8, 4) is 0 Å². The van der Waals surface area contributed by atoms with Gasteiger partial charge in [-0.3, -0.25) is 19.2 Å². The van der Waals surface area contributed by atoms with E-state index in [9.17, 15) is 19.2 Å². The zero-order valence-electron chi connectivity index (χ0n) is 16.1.